The maximum Gasteiger partial charge on any atom is 0.125 e. The minimum atomic E-state index is -0.0264. The zero-order valence-electron chi connectivity index (χ0n) is 9.57. The van der Waals surface area contributed by atoms with Crippen molar-refractivity contribution in [1.82, 2.24) is 14.5 Å². The number of hydrogen-bond donors (Lipinski definition) is 1. The molecule has 2 rings (SSSR count). The first-order valence-electron chi connectivity index (χ1n) is 4.97. The molecule has 2 aromatic heterocycles. The molecule has 0 fully saturated rings. The van der Waals surface area contributed by atoms with Gasteiger partial charge in [0, 0.05) is 18.5 Å². The van der Waals surface area contributed by atoms with Crippen molar-refractivity contribution in [2.75, 3.05) is 5.73 Å². The number of nitrogens with zero attached hydrogens (tertiary/aromatic N) is 3. The van der Waals surface area contributed by atoms with Gasteiger partial charge in [-0.25, -0.2) is 9.97 Å². The normalized spacial score (nSPS) is 12.3. The predicted molar refractivity (Wildman–Crippen MR) is 61.6 cm³/mol. The summed E-state index contributed by atoms with van der Waals surface area (Å²) < 4.78 is 1.99. The van der Waals surface area contributed by atoms with Gasteiger partial charge in [0.15, 0.2) is 0 Å². The summed E-state index contributed by atoms with van der Waals surface area (Å²) in [6.07, 6.45) is 1.79. The van der Waals surface area contributed by atoms with E-state index in [2.05, 4.69) is 30.7 Å². The molecule has 0 amide bonds. The van der Waals surface area contributed by atoms with Crippen molar-refractivity contribution in [3.63, 3.8) is 0 Å². The van der Waals surface area contributed by atoms with Gasteiger partial charge < -0.3 is 10.3 Å². The number of anilines is 1. The number of imidazole rings is 1. The van der Waals surface area contributed by atoms with Gasteiger partial charge >= 0.3 is 0 Å². The molecular formula is C11H16N4. The molecule has 0 bridgehead atoms. The quantitative estimate of drug-likeness (QED) is 0.712. The lowest BCUT2D eigenvalue weighted by atomic mass is 9.90. The largest absolute Gasteiger partial charge is 0.384 e. The van der Waals surface area contributed by atoms with Crippen molar-refractivity contribution in [3.05, 3.63) is 18.1 Å². The van der Waals surface area contributed by atoms with Crippen LogP contribution in [0.1, 0.15) is 26.5 Å². The maximum absolute atomic E-state index is 5.77. The second-order valence-electron chi connectivity index (χ2n) is 4.87. The molecule has 0 unspecified atom stereocenters. The van der Waals surface area contributed by atoms with Crippen molar-refractivity contribution in [2.24, 2.45) is 7.05 Å². The SMILES string of the molecule is Cn1cnc2cc(N)nc(C(C)(C)C)c21. The third-order valence-corrected chi connectivity index (χ3v) is 2.43. The minimum absolute atomic E-state index is 0.0264. The van der Waals surface area contributed by atoms with Crippen LogP contribution < -0.4 is 5.73 Å². The summed E-state index contributed by atoms with van der Waals surface area (Å²) in [5.41, 5.74) is 8.72. The van der Waals surface area contributed by atoms with Crippen LogP contribution in [0.4, 0.5) is 5.82 Å². The average Bonchev–Trinajstić information content (AvgIpc) is 2.44. The van der Waals surface area contributed by atoms with E-state index in [-0.39, 0.29) is 5.41 Å². The Kier molecular flexibility index (Phi) is 1.96. The molecule has 2 heterocycles. The highest BCUT2D eigenvalue weighted by Gasteiger charge is 2.21. The van der Waals surface area contributed by atoms with Gasteiger partial charge in [0.25, 0.3) is 0 Å². The Morgan fingerprint density at radius 1 is 1.33 bits per heavy atom. The molecule has 2 aromatic rings. The van der Waals surface area contributed by atoms with Crippen LogP contribution in [0.25, 0.3) is 11.0 Å². The third kappa shape index (κ3) is 1.56. The fourth-order valence-corrected chi connectivity index (χ4v) is 1.72. The molecule has 0 aliphatic rings. The molecule has 0 aliphatic carbocycles. The van der Waals surface area contributed by atoms with Crippen LogP contribution >= 0.6 is 0 Å². The van der Waals surface area contributed by atoms with Crippen molar-refractivity contribution in [1.29, 1.82) is 0 Å². The Balaban J connectivity index is 2.87. The van der Waals surface area contributed by atoms with Gasteiger partial charge in [-0.05, 0) is 0 Å². The molecular weight excluding hydrogens is 188 g/mol. The highest BCUT2D eigenvalue weighted by atomic mass is 15.0. The molecule has 0 aromatic carbocycles. The van der Waals surface area contributed by atoms with Gasteiger partial charge in [-0.2, -0.15) is 0 Å². The van der Waals surface area contributed by atoms with Crippen LogP contribution in [0.15, 0.2) is 12.4 Å². The van der Waals surface area contributed by atoms with Crippen LogP contribution in [0, 0.1) is 0 Å². The maximum atomic E-state index is 5.77. The van der Waals surface area contributed by atoms with Gasteiger partial charge in [0.1, 0.15) is 5.82 Å². The molecule has 80 valence electrons. The van der Waals surface area contributed by atoms with Gasteiger partial charge in [-0.1, -0.05) is 20.8 Å². The topological polar surface area (TPSA) is 56.7 Å². The van der Waals surface area contributed by atoms with Crippen molar-refractivity contribution in [2.45, 2.75) is 26.2 Å². The van der Waals surface area contributed by atoms with E-state index in [0.29, 0.717) is 5.82 Å². The van der Waals surface area contributed by atoms with Crippen LogP contribution in [-0.4, -0.2) is 14.5 Å². The summed E-state index contributed by atoms with van der Waals surface area (Å²) in [6, 6.07) is 1.81. The van der Waals surface area contributed by atoms with Gasteiger partial charge in [-0.15, -0.1) is 0 Å². The van der Waals surface area contributed by atoms with Gasteiger partial charge in [-0.3, -0.25) is 0 Å². The molecule has 0 aliphatic heterocycles. The molecule has 2 N–H and O–H groups in total. The van der Waals surface area contributed by atoms with E-state index in [1.807, 2.05) is 17.7 Å². The molecule has 0 radical (unpaired) electrons. The number of hydrogen-bond acceptors (Lipinski definition) is 3. The zero-order valence-corrected chi connectivity index (χ0v) is 9.57. The van der Waals surface area contributed by atoms with Crippen LogP contribution in [-0.2, 0) is 12.5 Å². The Hall–Kier alpha value is -1.58. The number of aromatic nitrogens is 3. The van der Waals surface area contributed by atoms with Crippen LogP contribution in [0.2, 0.25) is 0 Å². The smallest absolute Gasteiger partial charge is 0.125 e. The van der Waals surface area contributed by atoms with Crippen LogP contribution in [0.3, 0.4) is 0 Å². The van der Waals surface area contributed by atoms with Crippen molar-refractivity contribution < 1.29 is 0 Å². The van der Waals surface area contributed by atoms with Gasteiger partial charge in [0.2, 0.25) is 0 Å². The number of nitrogens with two attached hydrogens (primary N) is 1. The molecule has 0 saturated carbocycles. The Morgan fingerprint density at radius 2 is 2.00 bits per heavy atom. The summed E-state index contributed by atoms with van der Waals surface area (Å²) in [6.45, 7) is 6.38. The number of rotatable bonds is 0. The fourth-order valence-electron chi connectivity index (χ4n) is 1.72. The molecule has 4 nitrogen and oxygen atoms in total. The van der Waals surface area contributed by atoms with Gasteiger partial charge in [0.05, 0.1) is 23.1 Å². The Labute approximate surface area is 89.1 Å². The van der Waals surface area contributed by atoms with E-state index < -0.39 is 0 Å². The molecule has 0 atom stereocenters. The Bertz CT molecular complexity index is 505. The number of nitrogen functional groups attached to an aromatic ring is 1. The lowest BCUT2D eigenvalue weighted by molar-refractivity contribution is 0.573. The Morgan fingerprint density at radius 3 is 2.60 bits per heavy atom. The summed E-state index contributed by atoms with van der Waals surface area (Å²) in [5.74, 6) is 0.533. The van der Waals surface area contributed by atoms with E-state index >= 15 is 0 Å². The van der Waals surface area contributed by atoms with Crippen molar-refractivity contribution >= 4 is 16.9 Å². The second kappa shape index (κ2) is 2.95. The highest BCUT2D eigenvalue weighted by Crippen LogP contribution is 2.28. The lowest BCUT2D eigenvalue weighted by Gasteiger charge is -2.19. The zero-order chi connectivity index (χ0) is 11.2. The number of aryl methyl sites for hydroxylation is 1. The lowest BCUT2D eigenvalue weighted by Crippen LogP contribution is -2.16. The molecule has 15 heavy (non-hydrogen) atoms. The van der Waals surface area contributed by atoms with Crippen LogP contribution in [0.5, 0.6) is 0 Å². The third-order valence-electron chi connectivity index (χ3n) is 2.43. The minimum Gasteiger partial charge on any atom is -0.384 e. The standard InChI is InChI=1S/C11H16N4/c1-11(2,3)10-9-7(5-8(12)14-10)13-6-15(9)4/h5-6H,1-4H3,(H2,12,14). The summed E-state index contributed by atoms with van der Waals surface area (Å²) in [5, 5.41) is 0. The average molecular weight is 204 g/mol. The molecule has 0 spiro atoms. The number of fused-ring (bicyclic) bond motifs is 1. The van der Waals surface area contributed by atoms with E-state index in [1.54, 1.807) is 6.33 Å². The summed E-state index contributed by atoms with van der Waals surface area (Å²) in [4.78, 5) is 8.72. The molecule has 4 heteroatoms. The fraction of sp³-hybridized carbons (Fsp3) is 0.455. The second-order valence-corrected chi connectivity index (χ2v) is 4.87. The summed E-state index contributed by atoms with van der Waals surface area (Å²) in [7, 11) is 1.97. The van der Waals surface area contributed by atoms with E-state index in [9.17, 15) is 0 Å². The highest BCUT2D eigenvalue weighted by molar-refractivity contribution is 5.81. The molecule has 0 saturated heterocycles. The van der Waals surface area contributed by atoms with E-state index in [1.165, 1.54) is 0 Å². The summed E-state index contributed by atoms with van der Waals surface area (Å²) >= 11 is 0. The van der Waals surface area contributed by atoms with E-state index in [0.717, 1.165) is 16.7 Å². The van der Waals surface area contributed by atoms with Crippen molar-refractivity contribution in [3.8, 4) is 0 Å². The first-order valence-corrected chi connectivity index (χ1v) is 4.97. The first-order chi connectivity index (χ1) is 6.89. The predicted octanol–water partition coefficient (Wildman–Crippen LogP) is 1.85. The number of pyridine rings is 1. The monoisotopic (exact) mass is 204 g/mol. The van der Waals surface area contributed by atoms with E-state index in [4.69, 9.17) is 5.73 Å². The first kappa shape index (κ1) is 9.96.